The number of para-hydroxylation sites is 1. The van der Waals surface area contributed by atoms with Gasteiger partial charge in [0.15, 0.2) is 0 Å². The van der Waals surface area contributed by atoms with Crippen molar-refractivity contribution < 1.29 is 4.74 Å². The molecule has 1 N–H and O–H groups in total. The molecule has 1 aliphatic rings. The zero-order valence-electron chi connectivity index (χ0n) is 10.3. The average Bonchev–Trinajstić information content (AvgIpc) is 2.76. The molecule has 2 rings (SSSR count). The van der Waals surface area contributed by atoms with Gasteiger partial charge in [-0.3, -0.25) is 0 Å². The molecule has 1 heterocycles. The molecular formula is C14H20ClNO. The highest BCUT2D eigenvalue weighted by Crippen LogP contribution is 2.27. The minimum absolute atomic E-state index is 0.280. The van der Waals surface area contributed by atoms with E-state index in [-0.39, 0.29) is 6.10 Å². The van der Waals surface area contributed by atoms with Gasteiger partial charge in [-0.25, -0.2) is 0 Å². The second-order valence-corrected chi connectivity index (χ2v) is 5.17. The Labute approximate surface area is 108 Å². The fourth-order valence-corrected chi connectivity index (χ4v) is 2.20. The molecule has 2 nitrogen and oxygen atoms in total. The number of alkyl halides is 1. The summed E-state index contributed by atoms with van der Waals surface area (Å²) in [6.45, 7) is 3.99. The topological polar surface area (TPSA) is 21.3 Å². The quantitative estimate of drug-likeness (QED) is 0.622. The summed E-state index contributed by atoms with van der Waals surface area (Å²) in [5.74, 6) is 1.04. The molecule has 0 fully saturated rings. The van der Waals surface area contributed by atoms with Crippen LogP contribution in [0.15, 0.2) is 24.3 Å². The Balaban J connectivity index is 1.67. The fourth-order valence-electron chi connectivity index (χ4n) is 2.09. The smallest absolute Gasteiger partial charge is 0.123 e. The minimum Gasteiger partial charge on any atom is -0.488 e. The summed E-state index contributed by atoms with van der Waals surface area (Å²) in [7, 11) is 0. The fraction of sp³-hybridized carbons (Fsp3) is 0.571. The van der Waals surface area contributed by atoms with Crippen LogP contribution in [0.4, 0.5) is 0 Å². The van der Waals surface area contributed by atoms with Crippen molar-refractivity contribution in [1.29, 1.82) is 0 Å². The summed E-state index contributed by atoms with van der Waals surface area (Å²) >= 11 is 6.06. The van der Waals surface area contributed by atoms with E-state index in [2.05, 4.69) is 24.4 Å². The van der Waals surface area contributed by atoms with Crippen LogP contribution in [0.1, 0.15) is 25.3 Å². The van der Waals surface area contributed by atoms with Gasteiger partial charge < -0.3 is 10.1 Å². The number of ether oxygens (including phenoxy) is 1. The van der Waals surface area contributed by atoms with E-state index in [1.807, 2.05) is 12.1 Å². The van der Waals surface area contributed by atoms with E-state index in [1.54, 1.807) is 0 Å². The van der Waals surface area contributed by atoms with Gasteiger partial charge in [0.1, 0.15) is 11.9 Å². The van der Waals surface area contributed by atoms with Gasteiger partial charge in [0.25, 0.3) is 0 Å². The van der Waals surface area contributed by atoms with Crippen molar-refractivity contribution in [2.24, 2.45) is 0 Å². The van der Waals surface area contributed by atoms with E-state index in [9.17, 15) is 0 Å². The highest BCUT2D eigenvalue weighted by Gasteiger charge is 2.21. The maximum Gasteiger partial charge on any atom is 0.123 e. The third kappa shape index (κ3) is 3.62. The third-order valence-corrected chi connectivity index (χ3v) is 3.69. The number of rotatable bonds is 6. The van der Waals surface area contributed by atoms with Crippen LogP contribution < -0.4 is 10.1 Å². The van der Waals surface area contributed by atoms with Gasteiger partial charge in [-0.15, -0.1) is 11.6 Å². The Morgan fingerprint density at radius 3 is 3.06 bits per heavy atom. The maximum absolute atomic E-state index is 6.06. The Hall–Kier alpha value is -0.730. The highest BCUT2D eigenvalue weighted by atomic mass is 35.5. The molecule has 0 amide bonds. The Morgan fingerprint density at radius 1 is 1.47 bits per heavy atom. The summed E-state index contributed by atoms with van der Waals surface area (Å²) in [5, 5.41) is 3.71. The molecule has 0 aromatic heterocycles. The maximum atomic E-state index is 6.06. The van der Waals surface area contributed by atoms with E-state index in [0.29, 0.717) is 5.38 Å². The zero-order chi connectivity index (χ0) is 12.1. The first kappa shape index (κ1) is 12.7. The molecule has 0 saturated carbocycles. The number of hydrogen-bond acceptors (Lipinski definition) is 2. The van der Waals surface area contributed by atoms with Crippen molar-refractivity contribution in [1.82, 2.24) is 5.32 Å². The van der Waals surface area contributed by atoms with Crippen molar-refractivity contribution in [3.63, 3.8) is 0 Å². The number of nitrogens with one attached hydrogen (secondary N) is 1. The van der Waals surface area contributed by atoms with Crippen molar-refractivity contribution >= 4 is 11.6 Å². The molecule has 0 radical (unpaired) electrons. The van der Waals surface area contributed by atoms with Crippen molar-refractivity contribution in [3.05, 3.63) is 29.8 Å². The molecule has 94 valence electrons. The van der Waals surface area contributed by atoms with E-state index in [1.165, 1.54) is 5.56 Å². The van der Waals surface area contributed by atoms with Crippen LogP contribution in [0, 0.1) is 0 Å². The molecule has 3 heteroatoms. The molecule has 1 aliphatic heterocycles. The van der Waals surface area contributed by atoms with Gasteiger partial charge in [0.05, 0.1) is 0 Å². The Bertz CT molecular complexity index is 331. The van der Waals surface area contributed by atoms with Gasteiger partial charge in [0, 0.05) is 18.3 Å². The first-order chi connectivity index (χ1) is 8.29. The predicted molar refractivity (Wildman–Crippen MR) is 72.0 cm³/mol. The summed E-state index contributed by atoms with van der Waals surface area (Å²) in [5.41, 5.74) is 1.32. The molecule has 0 aliphatic carbocycles. The molecule has 0 spiro atoms. The second kappa shape index (κ2) is 6.27. The number of halogens is 1. The monoisotopic (exact) mass is 253 g/mol. The standard InChI is InChI=1S/C14H20ClNO/c1-2-12(15)7-8-16-10-13-9-11-5-3-4-6-14(11)17-13/h3-6,12-13,16H,2,7-10H2,1H3. The molecular weight excluding hydrogens is 234 g/mol. The lowest BCUT2D eigenvalue weighted by atomic mass is 10.1. The number of fused-ring (bicyclic) bond motifs is 1. The number of hydrogen-bond donors (Lipinski definition) is 1. The third-order valence-electron chi connectivity index (χ3n) is 3.16. The van der Waals surface area contributed by atoms with Crippen LogP contribution in [0.25, 0.3) is 0 Å². The summed E-state index contributed by atoms with van der Waals surface area (Å²) in [4.78, 5) is 0. The Kier molecular flexibility index (Phi) is 4.69. The van der Waals surface area contributed by atoms with Crippen LogP contribution in [0.5, 0.6) is 5.75 Å². The van der Waals surface area contributed by atoms with Crippen molar-refractivity contribution in [2.45, 2.75) is 37.7 Å². The van der Waals surface area contributed by atoms with Crippen LogP contribution in [0.3, 0.4) is 0 Å². The molecule has 1 aromatic rings. The van der Waals surface area contributed by atoms with E-state index >= 15 is 0 Å². The second-order valence-electron chi connectivity index (χ2n) is 4.55. The van der Waals surface area contributed by atoms with Crippen molar-refractivity contribution in [2.75, 3.05) is 13.1 Å². The molecule has 1 aromatic carbocycles. The summed E-state index contributed by atoms with van der Waals surface area (Å²) < 4.78 is 5.84. The first-order valence-corrected chi connectivity index (χ1v) is 6.82. The van der Waals surface area contributed by atoms with Crippen LogP contribution in [-0.4, -0.2) is 24.6 Å². The van der Waals surface area contributed by atoms with Crippen molar-refractivity contribution in [3.8, 4) is 5.75 Å². The van der Waals surface area contributed by atoms with Gasteiger partial charge >= 0.3 is 0 Å². The minimum atomic E-state index is 0.280. The predicted octanol–water partition coefficient (Wildman–Crippen LogP) is 2.99. The molecule has 0 saturated heterocycles. The summed E-state index contributed by atoms with van der Waals surface area (Å²) in [6.07, 6.45) is 3.36. The molecule has 2 atom stereocenters. The van der Waals surface area contributed by atoms with Gasteiger partial charge in [0.2, 0.25) is 0 Å². The lowest BCUT2D eigenvalue weighted by Crippen LogP contribution is -2.31. The average molecular weight is 254 g/mol. The molecule has 0 bridgehead atoms. The van der Waals surface area contributed by atoms with Gasteiger partial charge in [-0.1, -0.05) is 25.1 Å². The normalized spacial score (nSPS) is 19.8. The lowest BCUT2D eigenvalue weighted by molar-refractivity contribution is 0.227. The van der Waals surface area contributed by atoms with Gasteiger partial charge in [-0.05, 0) is 31.0 Å². The first-order valence-electron chi connectivity index (χ1n) is 6.39. The lowest BCUT2D eigenvalue weighted by Gasteiger charge is -2.12. The van der Waals surface area contributed by atoms with E-state index < -0.39 is 0 Å². The van der Waals surface area contributed by atoms with Crippen LogP contribution in [-0.2, 0) is 6.42 Å². The van der Waals surface area contributed by atoms with Gasteiger partial charge in [-0.2, -0.15) is 0 Å². The largest absolute Gasteiger partial charge is 0.488 e. The Morgan fingerprint density at radius 2 is 2.29 bits per heavy atom. The number of benzene rings is 1. The summed E-state index contributed by atoms with van der Waals surface area (Å²) in [6, 6.07) is 8.27. The zero-order valence-corrected chi connectivity index (χ0v) is 11.0. The van der Waals surface area contributed by atoms with Crippen LogP contribution in [0.2, 0.25) is 0 Å². The SMILES string of the molecule is CCC(Cl)CCNCC1Cc2ccccc2O1. The van der Waals surface area contributed by atoms with E-state index in [0.717, 1.165) is 38.1 Å². The highest BCUT2D eigenvalue weighted by molar-refractivity contribution is 6.20. The van der Waals surface area contributed by atoms with Crippen LogP contribution >= 0.6 is 11.6 Å². The molecule has 17 heavy (non-hydrogen) atoms. The molecule has 2 unspecified atom stereocenters. The van der Waals surface area contributed by atoms with E-state index in [4.69, 9.17) is 16.3 Å².